The van der Waals surface area contributed by atoms with E-state index in [1.54, 1.807) is 18.2 Å². The summed E-state index contributed by atoms with van der Waals surface area (Å²) >= 11 is 0.999. The highest BCUT2D eigenvalue weighted by Gasteiger charge is 2.31. The largest absolute Gasteiger partial charge is 0.468 e. The zero-order chi connectivity index (χ0) is 16.1. The molecular weight excluding hydrogens is 307 g/mol. The van der Waals surface area contributed by atoms with Crippen LogP contribution in [0.2, 0.25) is 0 Å². The lowest BCUT2D eigenvalue weighted by Gasteiger charge is -2.25. The molecule has 1 aliphatic rings. The highest BCUT2D eigenvalue weighted by molar-refractivity contribution is 8.03. The minimum Gasteiger partial charge on any atom is -0.468 e. The molecule has 0 aromatic heterocycles. The summed E-state index contributed by atoms with van der Waals surface area (Å²) in [6.45, 7) is 0. The van der Waals surface area contributed by atoms with E-state index in [-0.39, 0.29) is 28.7 Å². The number of nitrogens with one attached hydrogen (secondary N) is 1. The van der Waals surface area contributed by atoms with Crippen LogP contribution in [0.4, 0.5) is 4.39 Å². The molecule has 0 spiro atoms. The quantitative estimate of drug-likeness (QED) is 0.859. The van der Waals surface area contributed by atoms with Crippen molar-refractivity contribution in [2.45, 2.75) is 12.3 Å². The second kappa shape index (κ2) is 7.09. The molecule has 0 saturated carbocycles. The van der Waals surface area contributed by atoms with Gasteiger partial charge in [-0.3, -0.25) is 9.59 Å². The predicted molar refractivity (Wildman–Crippen MR) is 79.0 cm³/mol. The van der Waals surface area contributed by atoms with Gasteiger partial charge in [-0.1, -0.05) is 30.0 Å². The van der Waals surface area contributed by atoms with Crippen molar-refractivity contribution in [3.8, 4) is 6.07 Å². The monoisotopic (exact) mass is 320 g/mol. The van der Waals surface area contributed by atoms with Crippen LogP contribution in [0, 0.1) is 17.1 Å². The Morgan fingerprint density at radius 3 is 2.91 bits per heavy atom. The molecule has 7 heteroatoms. The summed E-state index contributed by atoms with van der Waals surface area (Å²) in [5, 5.41) is 12.2. The minimum atomic E-state index is -0.653. The van der Waals surface area contributed by atoms with Crippen molar-refractivity contribution in [3.63, 3.8) is 0 Å². The standard InChI is InChI=1S/C15H13FN2O3S/c1-21-14(20)8-22-15-11(7-17)10(6-13(19)18-15)9-4-2-3-5-12(9)16/h2-5,10H,6,8H2,1H3,(H,18,19)/t10-/m0/s1. The van der Waals surface area contributed by atoms with Gasteiger partial charge in [0.25, 0.3) is 0 Å². The average molecular weight is 320 g/mol. The van der Waals surface area contributed by atoms with Crippen LogP contribution < -0.4 is 5.32 Å². The van der Waals surface area contributed by atoms with Crippen LogP contribution >= 0.6 is 11.8 Å². The topological polar surface area (TPSA) is 79.2 Å². The van der Waals surface area contributed by atoms with Gasteiger partial charge in [0.05, 0.1) is 29.5 Å². The van der Waals surface area contributed by atoms with E-state index < -0.39 is 17.7 Å². The minimum absolute atomic E-state index is 0.00783. The van der Waals surface area contributed by atoms with Crippen molar-refractivity contribution in [1.29, 1.82) is 5.26 Å². The molecule has 1 aromatic rings. The van der Waals surface area contributed by atoms with Crippen LogP contribution in [0.1, 0.15) is 17.9 Å². The number of amides is 1. The molecular formula is C15H13FN2O3S. The molecule has 1 aromatic carbocycles. The number of rotatable bonds is 4. The van der Waals surface area contributed by atoms with Gasteiger partial charge >= 0.3 is 5.97 Å². The fraction of sp³-hybridized carbons (Fsp3) is 0.267. The maximum Gasteiger partial charge on any atom is 0.316 e. The van der Waals surface area contributed by atoms with Crippen LogP contribution in [0.5, 0.6) is 0 Å². The van der Waals surface area contributed by atoms with E-state index in [9.17, 15) is 19.2 Å². The molecule has 1 aliphatic heterocycles. The number of benzene rings is 1. The second-order valence-electron chi connectivity index (χ2n) is 4.55. The average Bonchev–Trinajstić information content (AvgIpc) is 2.52. The number of hydrogen-bond acceptors (Lipinski definition) is 5. The van der Waals surface area contributed by atoms with Crippen molar-refractivity contribution in [3.05, 3.63) is 46.2 Å². The maximum absolute atomic E-state index is 14.0. The third kappa shape index (κ3) is 3.46. The highest BCUT2D eigenvalue weighted by Crippen LogP contribution is 2.36. The van der Waals surface area contributed by atoms with Gasteiger partial charge in [-0.15, -0.1) is 0 Å². The zero-order valence-electron chi connectivity index (χ0n) is 11.8. The number of ether oxygens (including phenoxy) is 1. The fourth-order valence-corrected chi connectivity index (χ4v) is 3.06. The maximum atomic E-state index is 14.0. The van der Waals surface area contributed by atoms with E-state index in [4.69, 9.17) is 0 Å². The smallest absolute Gasteiger partial charge is 0.316 e. The lowest BCUT2D eigenvalue weighted by Crippen LogP contribution is -2.31. The number of nitrogens with zero attached hydrogens (tertiary/aromatic N) is 1. The Morgan fingerprint density at radius 1 is 1.55 bits per heavy atom. The lowest BCUT2D eigenvalue weighted by molar-refractivity contribution is -0.137. The number of methoxy groups -OCH3 is 1. The summed E-state index contributed by atoms with van der Waals surface area (Å²) in [5.41, 5.74) is 0.545. The summed E-state index contributed by atoms with van der Waals surface area (Å²) in [6.07, 6.45) is -0.00783. The Kier molecular flexibility index (Phi) is 5.17. The molecule has 0 unspecified atom stereocenters. The van der Waals surface area contributed by atoms with Gasteiger partial charge in [-0.2, -0.15) is 5.26 Å². The molecule has 0 radical (unpaired) electrons. The van der Waals surface area contributed by atoms with E-state index in [1.165, 1.54) is 13.2 Å². The number of carbonyl (C=O) groups excluding carboxylic acids is 2. The molecule has 1 heterocycles. The fourth-order valence-electron chi connectivity index (χ4n) is 2.15. The number of carbonyl (C=O) groups is 2. The molecule has 0 fully saturated rings. The molecule has 114 valence electrons. The molecule has 1 amide bonds. The molecule has 0 aliphatic carbocycles. The summed E-state index contributed by atoms with van der Waals surface area (Å²) < 4.78 is 18.5. The number of esters is 1. The van der Waals surface area contributed by atoms with Gasteiger partial charge in [0.15, 0.2) is 0 Å². The number of allylic oxidation sites excluding steroid dienone is 1. The molecule has 0 saturated heterocycles. The van der Waals surface area contributed by atoms with Crippen molar-refractivity contribution >= 4 is 23.6 Å². The SMILES string of the molecule is COC(=O)CSC1=C(C#N)[C@H](c2ccccc2F)CC(=O)N1. The van der Waals surface area contributed by atoms with Crippen LogP contribution in [0.25, 0.3) is 0 Å². The van der Waals surface area contributed by atoms with E-state index in [1.807, 2.05) is 6.07 Å². The van der Waals surface area contributed by atoms with E-state index in [0.29, 0.717) is 5.56 Å². The van der Waals surface area contributed by atoms with Crippen molar-refractivity contribution < 1.29 is 18.7 Å². The van der Waals surface area contributed by atoms with E-state index in [2.05, 4.69) is 10.1 Å². The van der Waals surface area contributed by atoms with E-state index >= 15 is 0 Å². The van der Waals surface area contributed by atoms with E-state index in [0.717, 1.165) is 11.8 Å². The van der Waals surface area contributed by atoms with Gasteiger partial charge < -0.3 is 10.1 Å². The molecule has 5 nitrogen and oxygen atoms in total. The first-order valence-corrected chi connectivity index (χ1v) is 7.43. The number of thioether (sulfide) groups is 1. The van der Waals surface area contributed by atoms with Gasteiger partial charge in [-0.25, -0.2) is 4.39 Å². The van der Waals surface area contributed by atoms with Gasteiger partial charge in [0.2, 0.25) is 5.91 Å². The number of halogens is 1. The first-order chi connectivity index (χ1) is 10.6. The van der Waals surface area contributed by atoms with Crippen molar-refractivity contribution in [1.82, 2.24) is 5.32 Å². The molecule has 0 bridgehead atoms. The highest BCUT2D eigenvalue weighted by atomic mass is 32.2. The van der Waals surface area contributed by atoms with Crippen LogP contribution in [-0.2, 0) is 14.3 Å². The number of hydrogen-bond donors (Lipinski definition) is 1. The molecule has 22 heavy (non-hydrogen) atoms. The normalized spacial score (nSPS) is 17.7. The zero-order valence-corrected chi connectivity index (χ0v) is 12.6. The van der Waals surface area contributed by atoms with Crippen LogP contribution in [-0.4, -0.2) is 24.7 Å². The van der Waals surface area contributed by atoms with Crippen molar-refractivity contribution in [2.75, 3.05) is 12.9 Å². The summed E-state index contributed by atoms with van der Waals surface area (Å²) in [6, 6.07) is 8.06. The lowest BCUT2D eigenvalue weighted by atomic mass is 9.87. The molecule has 1 atom stereocenters. The second-order valence-corrected chi connectivity index (χ2v) is 5.53. The van der Waals surface area contributed by atoms with Gasteiger partial charge in [0, 0.05) is 12.3 Å². The first kappa shape index (κ1) is 16.0. The Labute approximate surface area is 131 Å². The summed E-state index contributed by atoms with van der Waals surface area (Å²) in [5.74, 6) is -1.95. The summed E-state index contributed by atoms with van der Waals surface area (Å²) in [7, 11) is 1.25. The third-order valence-corrected chi connectivity index (χ3v) is 4.19. The van der Waals surface area contributed by atoms with Crippen LogP contribution in [0.15, 0.2) is 34.9 Å². The van der Waals surface area contributed by atoms with Gasteiger partial charge in [-0.05, 0) is 11.6 Å². The Bertz CT molecular complexity index is 682. The Morgan fingerprint density at radius 2 is 2.27 bits per heavy atom. The van der Waals surface area contributed by atoms with Crippen molar-refractivity contribution in [2.24, 2.45) is 0 Å². The molecule has 2 rings (SSSR count). The third-order valence-electron chi connectivity index (χ3n) is 3.20. The number of nitriles is 1. The van der Waals surface area contributed by atoms with Crippen LogP contribution in [0.3, 0.4) is 0 Å². The first-order valence-electron chi connectivity index (χ1n) is 6.45. The van der Waals surface area contributed by atoms with Gasteiger partial charge in [0.1, 0.15) is 5.82 Å². The Hall–Kier alpha value is -2.33. The summed E-state index contributed by atoms with van der Waals surface area (Å²) in [4.78, 5) is 23.1. The predicted octanol–water partition coefficient (Wildman–Crippen LogP) is 2.07. The molecule has 1 N–H and O–H groups in total. The Balaban J connectivity index is 2.37.